The zero-order chi connectivity index (χ0) is 11.0. The molecule has 0 saturated heterocycles. The fourth-order valence-corrected chi connectivity index (χ4v) is 1.28. The highest BCUT2D eigenvalue weighted by Crippen LogP contribution is 2.04. The average Bonchev–Trinajstić information content (AvgIpc) is 2.15. The lowest BCUT2D eigenvalue weighted by Crippen LogP contribution is -2.41. The number of hydrogen-bond acceptors (Lipinski definition) is 3. The summed E-state index contributed by atoms with van der Waals surface area (Å²) in [5.41, 5.74) is 0. The van der Waals surface area contributed by atoms with E-state index in [1.807, 2.05) is 6.07 Å². The van der Waals surface area contributed by atoms with Gasteiger partial charge in [-0.15, -0.1) is 0 Å². The Bertz CT molecular complexity index is 208. The maximum Gasteiger partial charge on any atom is 0.234 e. The van der Waals surface area contributed by atoms with E-state index in [-0.39, 0.29) is 12.5 Å². The summed E-state index contributed by atoms with van der Waals surface area (Å²) in [4.78, 5) is 11.1. The highest BCUT2D eigenvalue weighted by Gasteiger charge is 2.11. The van der Waals surface area contributed by atoms with Crippen molar-refractivity contribution in [2.24, 2.45) is 5.92 Å². The van der Waals surface area contributed by atoms with E-state index in [0.717, 1.165) is 6.42 Å². The molecule has 14 heavy (non-hydrogen) atoms. The van der Waals surface area contributed by atoms with Crippen LogP contribution in [0.5, 0.6) is 0 Å². The van der Waals surface area contributed by atoms with Crippen molar-refractivity contribution in [3.8, 4) is 6.07 Å². The third-order valence-corrected chi connectivity index (χ3v) is 2.13. The van der Waals surface area contributed by atoms with Crippen molar-refractivity contribution < 1.29 is 4.79 Å². The van der Waals surface area contributed by atoms with Gasteiger partial charge in [0.2, 0.25) is 5.91 Å². The van der Waals surface area contributed by atoms with E-state index in [4.69, 9.17) is 5.26 Å². The molecule has 4 nitrogen and oxygen atoms in total. The predicted molar refractivity (Wildman–Crippen MR) is 55.5 cm³/mol. The molecule has 80 valence electrons. The zero-order valence-electron chi connectivity index (χ0n) is 9.13. The second kappa shape index (κ2) is 7.34. The van der Waals surface area contributed by atoms with Gasteiger partial charge < -0.3 is 10.6 Å². The van der Waals surface area contributed by atoms with Gasteiger partial charge in [-0.2, -0.15) is 5.26 Å². The fourth-order valence-electron chi connectivity index (χ4n) is 1.28. The molecule has 0 radical (unpaired) electrons. The van der Waals surface area contributed by atoms with Gasteiger partial charge in [-0.25, -0.2) is 0 Å². The van der Waals surface area contributed by atoms with Gasteiger partial charge in [0.1, 0.15) is 6.54 Å². The molecule has 0 aromatic rings. The molecule has 4 heteroatoms. The van der Waals surface area contributed by atoms with Crippen LogP contribution in [0.2, 0.25) is 0 Å². The van der Waals surface area contributed by atoms with Crippen molar-refractivity contribution in [3.63, 3.8) is 0 Å². The lowest BCUT2D eigenvalue weighted by atomic mass is 10.0. The van der Waals surface area contributed by atoms with Gasteiger partial charge >= 0.3 is 0 Å². The van der Waals surface area contributed by atoms with Crippen LogP contribution < -0.4 is 10.6 Å². The fraction of sp³-hybridized carbons (Fsp3) is 0.800. The Kier molecular flexibility index (Phi) is 6.77. The third kappa shape index (κ3) is 5.55. The lowest BCUT2D eigenvalue weighted by Gasteiger charge is -2.20. The van der Waals surface area contributed by atoms with E-state index >= 15 is 0 Å². The summed E-state index contributed by atoms with van der Waals surface area (Å²) in [5, 5.41) is 13.9. The molecule has 1 atom stereocenters. The van der Waals surface area contributed by atoms with E-state index < -0.39 is 0 Å². The van der Waals surface area contributed by atoms with Gasteiger partial charge in [0.15, 0.2) is 0 Å². The van der Waals surface area contributed by atoms with Crippen LogP contribution in [-0.4, -0.2) is 25.0 Å². The Labute approximate surface area is 85.7 Å². The highest BCUT2D eigenvalue weighted by atomic mass is 16.1. The summed E-state index contributed by atoms with van der Waals surface area (Å²) >= 11 is 0. The minimum Gasteiger partial charge on any atom is -0.342 e. The monoisotopic (exact) mass is 197 g/mol. The maximum absolute atomic E-state index is 11.1. The van der Waals surface area contributed by atoms with E-state index in [1.165, 1.54) is 0 Å². The van der Waals surface area contributed by atoms with Gasteiger partial charge in [-0.3, -0.25) is 4.79 Å². The van der Waals surface area contributed by atoms with E-state index in [1.54, 1.807) is 0 Å². The molecule has 0 spiro atoms. The molecule has 1 amide bonds. The number of rotatable bonds is 6. The molecule has 0 saturated carbocycles. The summed E-state index contributed by atoms with van der Waals surface area (Å²) < 4.78 is 0. The first-order chi connectivity index (χ1) is 6.61. The zero-order valence-corrected chi connectivity index (χ0v) is 9.13. The number of nitrogens with one attached hydrogen (secondary N) is 2. The summed E-state index contributed by atoms with van der Waals surface area (Å²) in [5.74, 6) is 0.398. The minimum atomic E-state index is -0.120. The predicted octanol–water partition coefficient (Wildman–Crippen LogP) is 0.650. The topological polar surface area (TPSA) is 64.9 Å². The molecule has 1 unspecified atom stereocenters. The van der Waals surface area contributed by atoms with Gasteiger partial charge in [0.05, 0.1) is 12.6 Å². The number of nitrogens with zero attached hydrogens (tertiary/aromatic N) is 1. The third-order valence-electron chi connectivity index (χ3n) is 2.13. The Morgan fingerprint density at radius 1 is 1.50 bits per heavy atom. The van der Waals surface area contributed by atoms with Gasteiger partial charge in [0, 0.05) is 6.04 Å². The number of carbonyl (C=O) groups excluding carboxylic acids is 1. The summed E-state index contributed by atoms with van der Waals surface area (Å²) in [6.07, 6.45) is 1.00. The molecule has 0 aliphatic heterocycles. The van der Waals surface area contributed by atoms with E-state index in [2.05, 4.69) is 31.4 Å². The van der Waals surface area contributed by atoms with Crippen LogP contribution in [0.1, 0.15) is 27.2 Å². The smallest absolute Gasteiger partial charge is 0.234 e. The molecule has 0 aliphatic rings. The van der Waals surface area contributed by atoms with Crippen LogP contribution in [0.3, 0.4) is 0 Å². The molecule has 0 aliphatic carbocycles. The molecule has 2 N–H and O–H groups in total. The molecular weight excluding hydrogens is 178 g/mol. The van der Waals surface area contributed by atoms with Crippen LogP contribution in [0.15, 0.2) is 0 Å². The Hall–Kier alpha value is -1.08. The van der Waals surface area contributed by atoms with E-state index in [0.29, 0.717) is 18.5 Å². The highest BCUT2D eigenvalue weighted by molar-refractivity contribution is 5.78. The molecular formula is C10H19N3O. The van der Waals surface area contributed by atoms with Crippen LogP contribution >= 0.6 is 0 Å². The van der Waals surface area contributed by atoms with Gasteiger partial charge in [-0.1, -0.05) is 20.8 Å². The van der Waals surface area contributed by atoms with Crippen molar-refractivity contribution in [2.45, 2.75) is 33.2 Å². The molecule has 0 rings (SSSR count). The number of carbonyl (C=O) groups is 1. The van der Waals surface area contributed by atoms with Crippen LogP contribution in [0.4, 0.5) is 0 Å². The Balaban J connectivity index is 3.69. The summed E-state index contributed by atoms with van der Waals surface area (Å²) in [6.45, 7) is 6.70. The SMILES string of the molecule is CCC(NCC(=O)NCC#N)C(C)C. The molecule has 0 fully saturated rings. The summed E-state index contributed by atoms with van der Waals surface area (Å²) in [7, 11) is 0. The quantitative estimate of drug-likeness (QED) is 0.614. The van der Waals surface area contributed by atoms with Gasteiger partial charge in [-0.05, 0) is 12.3 Å². The van der Waals surface area contributed by atoms with Crippen molar-refractivity contribution in [1.29, 1.82) is 5.26 Å². The van der Waals surface area contributed by atoms with Crippen molar-refractivity contribution in [1.82, 2.24) is 10.6 Å². The van der Waals surface area contributed by atoms with Crippen LogP contribution in [0, 0.1) is 17.2 Å². The first-order valence-electron chi connectivity index (χ1n) is 4.98. The maximum atomic E-state index is 11.1. The Morgan fingerprint density at radius 2 is 2.14 bits per heavy atom. The normalized spacial score (nSPS) is 12.2. The number of amides is 1. The number of hydrogen-bond donors (Lipinski definition) is 2. The second-order valence-corrected chi connectivity index (χ2v) is 3.57. The number of nitriles is 1. The van der Waals surface area contributed by atoms with E-state index in [9.17, 15) is 4.79 Å². The van der Waals surface area contributed by atoms with Crippen molar-refractivity contribution >= 4 is 5.91 Å². The first kappa shape index (κ1) is 12.9. The lowest BCUT2D eigenvalue weighted by molar-refractivity contribution is -0.120. The minimum absolute atomic E-state index is 0.0823. The standard InChI is InChI=1S/C10H19N3O/c1-4-9(8(2)3)13-7-10(14)12-6-5-11/h8-9,13H,4,6-7H2,1-3H3,(H,12,14). The molecule has 0 bridgehead atoms. The van der Waals surface area contributed by atoms with Crippen molar-refractivity contribution in [3.05, 3.63) is 0 Å². The largest absolute Gasteiger partial charge is 0.342 e. The average molecular weight is 197 g/mol. The van der Waals surface area contributed by atoms with Crippen LogP contribution in [-0.2, 0) is 4.79 Å². The van der Waals surface area contributed by atoms with Gasteiger partial charge in [0.25, 0.3) is 0 Å². The van der Waals surface area contributed by atoms with Crippen LogP contribution in [0.25, 0.3) is 0 Å². The molecule has 0 aromatic heterocycles. The first-order valence-corrected chi connectivity index (χ1v) is 4.98. The second-order valence-electron chi connectivity index (χ2n) is 3.57. The molecule has 0 heterocycles. The Morgan fingerprint density at radius 3 is 2.57 bits per heavy atom. The molecule has 0 aromatic carbocycles. The summed E-state index contributed by atoms with van der Waals surface area (Å²) in [6, 6.07) is 2.23. The van der Waals surface area contributed by atoms with Crippen molar-refractivity contribution in [2.75, 3.05) is 13.1 Å².